The fraction of sp³-hybridized carbons (Fsp3) is 0.259. The third-order valence-corrected chi connectivity index (χ3v) is 5.69. The molecule has 3 aromatic rings. The lowest BCUT2D eigenvalue weighted by Crippen LogP contribution is -2.42. The lowest BCUT2D eigenvalue weighted by molar-refractivity contribution is -0.0235. The average Bonchev–Trinajstić information content (AvgIpc) is 2.88. The molecule has 1 heterocycles. The second kappa shape index (κ2) is 10.8. The van der Waals surface area contributed by atoms with E-state index in [4.69, 9.17) is 14.2 Å². The van der Waals surface area contributed by atoms with Crippen LogP contribution in [0.2, 0.25) is 0 Å². The second-order valence-electron chi connectivity index (χ2n) is 7.91. The molecule has 0 aliphatic carbocycles. The molecule has 0 spiro atoms. The first-order chi connectivity index (χ1) is 16.1. The van der Waals surface area contributed by atoms with Crippen LogP contribution in [0.3, 0.4) is 0 Å². The molecule has 1 amide bonds. The van der Waals surface area contributed by atoms with E-state index in [-0.39, 0.29) is 12.2 Å². The Bertz CT molecular complexity index is 1020. The van der Waals surface area contributed by atoms with Gasteiger partial charge in [-0.2, -0.15) is 0 Å². The van der Waals surface area contributed by atoms with Crippen LogP contribution in [0.25, 0.3) is 0 Å². The van der Waals surface area contributed by atoms with Crippen LogP contribution >= 0.6 is 0 Å². The Balaban J connectivity index is 1.36. The van der Waals surface area contributed by atoms with Gasteiger partial charge in [0.2, 0.25) is 0 Å². The Morgan fingerprint density at radius 1 is 0.848 bits per heavy atom. The first-order valence-corrected chi connectivity index (χ1v) is 11.0. The molecule has 0 saturated carbocycles. The van der Waals surface area contributed by atoms with Crippen molar-refractivity contribution in [1.29, 1.82) is 0 Å². The maximum absolute atomic E-state index is 12.6. The minimum Gasteiger partial charge on any atom is -0.465 e. The predicted molar refractivity (Wildman–Crippen MR) is 124 cm³/mol. The number of likely N-dealkylation sites (tertiary alicyclic amines) is 1. The molecule has 0 N–H and O–H groups in total. The van der Waals surface area contributed by atoms with Gasteiger partial charge in [0.05, 0.1) is 18.8 Å². The van der Waals surface area contributed by atoms with Crippen molar-refractivity contribution >= 4 is 12.1 Å². The first kappa shape index (κ1) is 22.6. The zero-order valence-electron chi connectivity index (χ0n) is 18.6. The molecule has 0 radical (unpaired) electrons. The first-order valence-electron chi connectivity index (χ1n) is 11.0. The third kappa shape index (κ3) is 5.79. The minimum absolute atomic E-state index is 0.0297. The van der Waals surface area contributed by atoms with Gasteiger partial charge < -0.3 is 19.1 Å². The molecule has 1 aliphatic rings. The highest BCUT2D eigenvalue weighted by molar-refractivity contribution is 5.89. The van der Waals surface area contributed by atoms with Crippen LogP contribution in [0.4, 0.5) is 4.79 Å². The molecule has 1 saturated heterocycles. The maximum Gasteiger partial charge on any atom is 0.415 e. The number of esters is 1. The van der Waals surface area contributed by atoms with Crippen LogP contribution in [0.15, 0.2) is 84.9 Å². The van der Waals surface area contributed by atoms with Gasteiger partial charge in [-0.05, 0) is 42.2 Å². The smallest absolute Gasteiger partial charge is 0.415 e. The number of rotatable bonds is 6. The number of hydrogen-bond donors (Lipinski definition) is 0. The molecule has 0 aromatic heterocycles. The lowest BCUT2D eigenvalue weighted by atomic mass is 10.00. The normalized spacial score (nSPS) is 14.2. The van der Waals surface area contributed by atoms with E-state index in [1.165, 1.54) is 13.2 Å². The minimum atomic E-state index is -0.475. The highest BCUT2D eigenvalue weighted by Gasteiger charge is 2.27. The van der Waals surface area contributed by atoms with Crippen LogP contribution in [0.1, 0.15) is 40.4 Å². The number of carbonyl (C=O) groups is 2. The van der Waals surface area contributed by atoms with Gasteiger partial charge in [-0.25, -0.2) is 9.59 Å². The SMILES string of the molecule is COC(=O)c1cccc(OC(=O)N2CCC(OC(c3ccccc3)c3ccccc3)CC2)c1. The molecular weight excluding hydrogens is 418 g/mol. The predicted octanol–water partition coefficient (Wildman–Crippen LogP) is 5.24. The van der Waals surface area contributed by atoms with E-state index in [1.54, 1.807) is 23.1 Å². The van der Waals surface area contributed by atoms with E-state index >= 15 is 0 Å². The van der Waals surface area contributed by atoms with E-state index in [2.05, 4.69) is 24.3 Å². The van der Waals surface area contributed by atoms with Crippen molar-refractivity contribution in [1.82, 2.24) is 4.90 Å². The molecule has 0 bridgehead atoms. The summed E-state index contributed by atoms with van der Waals surface area (Å²) in [6, 6.07) is 26.8. The molecule has 4 rings (SSSR count). The van der Waals surface area contributed by atoms with E-state index in [1.807, 2.05) is 36.4 Å². The van der Waals surface area contributed by atoms with Gasteiger partial charge in [-0.1, -0.05) is 66.7 Å². The molecule has 6 nitrogen and oxygen atoms in total. The highest BCUT2D eigenvalue weighted by atomic mass is 16.6. The van der Waals surface area contributed by atoms with Crippen molar-refractivity contribution in [2.45, 2.75) is 25.0 Å². The van der Waals surface area contributed by atoms with Gasteiger partial charge in [0.15, 0.2) is 0 Å². The molecule has 6 heteroatoms. The highest BCUT2D eigenvalue weighted by Crippen LogP contribution is 2.30. The van der Waals surface area contributed by atoms with Gasteiger partial charge >= 0.3 is 12.1 Å². The fourth-order valence-electron chi connectivity index (χ4n) is 3.94. The molecule has 1 aliphatic heterocycles. The Morgan fingerprint density at radius 2 is 1.45 bits per heavy atom. The lowest BCUT2D eigenvalue weighted by Gasteiger charge is -2.33. The van der Waals surface area contributed by atoms with E-state index in [0.717, 1.165) is 11.1 Å². The summed E-state index contributed by atoms with van der Waals surface area (Å²) in [6.45, 7) is 1.08. The number of hydrogen-bond acceptors (Lipinski definition) is 5. The van der Waals surface area contributed by atoms with Gasteiger partial charge in [-0.15, -0.1) is 0 Å². The summed E-state index contributed by atoms with van der Waals surface area (Å²) in [5.41, 5.74) is 2.55. The molecule has 170 valence electrons. The monoisotopic (exact) mass is 445 g/mol. The summed E-state index contributed by atoms with van der Waals surface area (Å²) >= 11 is 0. The second-order valence-corrected chi connectivity index (χ2v) is 7.91. The number of carbonyl (C=O) groups excluding carboxylic acids is 2. The number of nitrogens with zero attached hydrogens (tertiary/aromatic N) is 1. The Labute approximate surface area is 193 Å². The number of methoxy groups -OCH3 is 1. The Kier molecular flexibility index (Phi) is 7.37. The van der Waals surface area contributed by atoms with Crippen molar-refractivity contribution in [3.05, 3.63) is 102 Å². The van der Waals surface area contributed by atoms with E-state index in [0.29, 0.717) is 37.2 Å². The zero-order chi connectivity index (χ0) is 23.0. The Hall–Kier alpha value is -3.64. The number of ether oxygens (including phenoxy) is 3. The number of benzene rings is 3. The van der Waals surface area contributed by atoms with Crippen molar-refractivity contribution in [3.8, 4) is 5.75 Å². The summed E-state index contributed by atoms with van der Waals surface area (Å²) in [4.78, 5) is 26.0. The Morgan fingerprint density at radius 3 is 2.03 bits per heavy atom. The van der Waals surface area contributed by atoms with Crippen LogP contribution in [-0.4, -0.2) is 43.3 Å². The van der Waals surface area contributed by atoms with Crippen LogP contribution in [-0.2, 0) is 9.47 Å². The molecular formula is C27H27NO5. The van der Waals surface area contributed by atoms with E-state index in [9.17, 15) is 9.59 Å². The van der Waals surface area contributed by atoms with Crippen molar-refractivity contribution < 1.29 is 23.8 Å². The van der Waals surface area contributed by atoms with Gasteiger partial charge in [0, 0.05) is 13.1 Å². The van der Waals surface area contributed by atoms with Crippen LogP contribution in [0.5, 0.6) is 5.75 Å². The largest absolute Gasteiger partial charge is 0.465 e. The summed E-state index contributed by atoms with van der Waals surface area (Å²) < 4.78 is 16.7. The van der Waals surface area contributed by atoms with Crippen molar-refractivity contribution in [2.75, 3.05) is 20.2 Å². The maximum atomic E-state index is 12.6. The van der Waals surface area contributed by atoms with Gasteiger partial charge in [0.25, 0.3) is 0 Å². The topological polar surface area (TPSA) is 65.1 Å². The summed E-state index contributed by atoms with van der Waals surface area (Å²) in [5, 5.41) is 0. The molecule has 0 unspecified atom stereocenters. The van der Waals surface area contributed by atoms with Crippen LogP contribution in [0, 0.1) is 0 Å². The molecule has 33 heavy (non-hydrogen) atoms. The number of amides is 1. The van der Waals surface area contributed by atoms with Gasteiger partial charge in [0.1, 0.15) is 11.9 Å². The average molecular weight is 446 g/mol. The third-order valence-electron chi connectivity index (χ3n) is 5.69. The molecule has 1 fully saturated rings. The van der Waals surface area contributed by atoms with E-state index < -0.39 is 12.1 Å². The molecule has 0 atom stereocenters. The molecule has 3 aromatic carbocycles. The van der Waals surface area contributed by atoms with Gasteiger partial charge in [-0.3, -0.25) is 0 Å². The summed E-state index contributed by atoms with van der Waals surface area (Å²) in [5.74, 6) is -0.160. The van der Waals surface area contributed by atoms with Crippen molar-refractivity contribution in [2.24, 2.45) is 0 Å². The quantitative estimate of drug-likeness (QED) is 0.486. The number of piperidine rings is 1. The van der Waals surface area contributed by atoms with Crippen molar-refractivity contribution in [3.63, 3.8) is 0 Å². The zero-order valence-corrected chi connectivity index (χ0v) is 18.6. The summed E-state index contributed by atoms with van der Waals surface area (Å²) in [7, 11) is 1.31. The van der Waals surface area contributed by atoms with Crippen LogP contribution < -0.4 is 4.74 Å². The summed E-state index contributed by atoms with van der Waals surface area (Å²) in [6.07, 6.45) is 0.873. The fourth-order valence-corrected chi connectivity index (χ4v) is 3.94. The standard InChI is InChI=1S/C27H27NO5/c1-31-26(29)22-13-8-14-24(19-22)33-27(30)28-17-15-23(16-18-28)32-25(20-9-4-2-5-10-20)21-11-6-3-7-12-21/h2-14,19,23,25H,15-18H2,1H3.